The van der Waals surface area contributed by atoms with Gasteiger partial charge >= 0.3 is 0 Å². The van der Waals surface area contributed by atoms with Crippen LogP contribution in [0.15, 0.2) is 46.1 Å². The zero-order valence-electron chi connectivity index (χ0n) is 13.3. The molecule has 0 saturated carbocycles. The second kappa shape index (κ2) is 8.77. The number of nitrogens with zero attached hydrogens (tertiary/aromatic N) is 3. The molecule has 0 atom stereocenters. The zero-order valence-corrected chi connectivity index (χ0v) is 13.3. The van der Waals surface area contributed by atoms with E-state index < -0.39 is 0 Å². The lowest BCUT2D eigenvalue weighted by atomic mass is 10.3. The Morgan fingerprint density at radius 3 is 2.91 bits per heavy atom. The number of benzene rings is 1. The smallest absolute Gasteiger partial charge is 0.194 e. The Labute approximate surface area is 134 Å². The summed E-state index contributed by atoms with van der Waals surface area (Å²) in [6.45, 7) is 4.09. The van der Waals surface area contributed by atoms with Crippen LogP contribution in [0.1, 0.15) is 12.6 Å². The average molecular weight is 320 g/mol. The van der Waals surface area contributed by atoms with Gasteiger partial charge in [-0.15, -0.1) is 0 Å². The van der Waals surface area contributed by atoms with Gasteiger partial charge in [0.05, 0.1) is 13.1 Å². The molecule has 7 heteroatoms. The second-order valence-electron chi connectivity index (χ2n) is 4.86. The fourth-order valence-corrected chi connectivity index (χ4v) is 1.90. The van der Waals surface area contributed by atoms with E-state index in [1.165, 1.54) is 12.3 Å². The van der Waals surface area contributed by atoms with Crippen LogP contribution in [0.25, 0.3) is 0 Å². The molecule has 2 aromatic rings. The summed E-state index contributed by atoms with van der Waals surface area (Å²) in [7, 11) is 1.90. The molecule has 124 valence electrons. The minimum Gasteiger partial charge on any atom is -0.489 e. The molecular formula is C16H21FN4O2. The summed E-state index contributed by atoms with van der Waals surface area (Å²) in [4.78, 5) is 6.40. The normalized spacial score (nSPS) is 11.3. The van der Waals surface area contributed by atoms with E-state index in [2.05, 4.69) is 15.5 Å². The predicted octanol–water partition coefficient (Wildman–Crippen LogP) is 2.29. The first-order chi connectivity index (χ1) is 11.2. The number of rotatable bonds is 7. The van der Waals surface area contributed by atoms with Gasteiger partial charge in [-0.25, -0.2) is 9.38 Å². The SMILES string of the molecule is CCNC(=NCc1ccon1)N(C)CCOc1ccccc1F. The summed E-state index contributed by atoms with van der Waals surface area (Å²) in [5.74, 6) is 0.625. The van der Waals surface area contributed by atoms with Crippen molar-refractivity contribution in [1.29, 1.82) is 0 Å². The molecule has 0 aliphatic rings. The molecule has 0 amide bonds. The van der Waals surface area contributed by atoms with Crippen LogP contribution in [0, 0.1) is 5.82 Å². The van der Waals surface area contributed by atoms with Crippen molar-refractivity contribution in [2.24, 2.45) is 4.99 Å². The Balaban J connectivity index is 1.86. The van der Waals surface area contributed by atoms with E-state index in [1.807, 2.05) is 18.9 Å². The van der Waals surface area contributed by atoms with Crippen LogP contribution in [-0.2, 0) is 6.54 Å². The van der Waals surface area contributed by atoms with Crippen molar-refractivity contribution in [1.82, 2.24) is 15.4 Å². The lowest BCUT2D eigenvalue weighted by molar-refractivity contribution is 0.270. The van der Waals surface area contributed by atoms with Gasteiger partial charge in [-0.05, 0) is 19.1 Å². The fourth-order valence-electron chi connectivity index (χ4n) is 1.90. The topological polar surface area (TPSA) is 62.9 Å². The first kappa shape index (κ1) is 16.8. The van der Waals surface area contributed by atoms with Gasteiger partial charge in [0, 0.05) is 19.7 Å². The van der Waals surface area contributed by atoms with Crippen LogP contribution in [0.4, 0.5) is 4.39 Å². The molecule has 2 rings (SSSR count). The molecule has 1 aromatic heterocycles. The van der Waals surface area contributed by atoms with Gasteiger partial charge in [0.1, 0.15) is 18.6 Å². The monoisotopic (exact) mass is 320 g/mol. The molecule has 0 bridgehead atoms. The summed E-state index contributed by atoms with van der Waals surface area (Å²) in [6.07, 6.45) is 1.52. The third-order valence-electron chi connectivity index (χ3n) is 3.10. The predicted molar refractivity (Wildman–Crippen MR) is 85.8 cm³/mol. The van der Waals surface area contributed by atoms with Crippen molar-refractivity contribution in [3.8, 4) is 5.75 Å². The summed E-state index contributed by atoms with van der Waals surface area (Å²) >= 11 is 0. The minimum atomic E-state index is -0.359. The number of para-hydroxylation sites is 1. The van der Waals surface area contributed by atoms with Crippen molar-refractivity contribution < 1.29 is 13.7 Å². The highest BCUT2D eigenvalue weighted by atomic mass is 19.1. The van der Waals surface area contributed by atoms with Crippen LogP contribution in [0.3, 0.4) is 0 Å². The first-order valence-corrected chi connectivity index (χ1v) is 7.46. The van der Waals surface area contributed by atoms with Gasteiger partial charge < -0.3 is 19.5 Å². The zero-order chi connectivity index (χ0) is 16.5. The number of ether oxygens (including phenoxy) is 1. The van der Waals surface area contributed by atoms with Crippen molar-refractivity contribution >= 4 is 5.96 Å². The fraction of sp³-hybridized carbons (Fsp3) is 0.375. The molecule has 1 N–H and O–H groups in total. The van der Waals surface area contributed by atoms with E-state index in [0.717, 1.165) is 18.2 Å². The van der Waals surface area contributed by atoms with E-state index in [0.29, 0.717) is 19.7 Å². The van der Waals surface area contributed by atoms with E-state index in [-0.39, 0.29) is 11.6 Å². The Kier molecular flexibility index (Phi) is 6.40. The molecule has 0 spiro atoms. The maximum absolute atomic E-state index is 13.5. The van der Waals surface area contributed by atoms with Gasteiger partial charge in [-0.1, -0.05) is 17.3 Å². The Morgan fingerprint density at radius 1 is 1.39 bits per heavy atom. The van der Waals surface area contributed by atoms with Crippen LogP contribution in [0.2, 0.25) is 0 Å². The number of aromatic nitrogens is 1. The number of halogens is 1. The van der Waals surface area contributed by atoms with Crippen molar-refractivity contribution in [3.05, 3.63) is 48.1 Å². The van der Waals surface area contributed by atoms with Crippen molar-refractivity contribution in [2.75, 3.05) is 26.7 Å². The third kappa shape index (κ3) is 5.28. The highest BCUT2D eigenvalue weighted by Gasteiger charge is 2.07. The summed E-state index contributed by atoms with van der Waals surface area (Å²) in [5.41, 5.74) is 0.761. The van der Waals surface area contributed by atoms with Crippen LogP contribution in [0.5, 0.6) is 5.75 Å². The maximum Gasteiger partial charge on any atom is 0.194 e. The van der Waals surface area contributed by atoms with Gasteiger partial charge in [-0.2, -0.15) is 0 Å². The molecule has 23 heavy (non-hydrogen) atoms. The van der Waals surface area contributed by atoms with Crippen LogP contribution < -0.4 is 10.1 Å². The second-order valence-corrected chi connectivity index (χ2v) is 4.86. The quantitative estimate of drug-likeness (QED) is 0.626. The number of aliphatic imine (C=N–C) groups is 1. The van der Waals surface area contributed by atoms with E-state index in [1.54, 1.807) is 24.3 Å². The molecule has 0 saturated heterocycles. The van der Waals surface area contributed by atoms with Gasteiger partial charge in [0.2, 0.25) is 0 Å². The van der Waals surface area contributed by atoms with Crippen molar-refractivity contribution in [2.45, 2.75) is 13.5 Å². The first-order valence-electron chi connectivity index (χ1n) is 7.46. The van der Waals surface area contributed by atoms with E-state index >= 15 is 0 Å². The number of nitrogens with one attached hydrogen (secondary N) is 1. The minimum absolute atomic E-state index is 0.255. The molecule has 0 radical (unpaired) electrons. The Bertz CT molecular complexity index is 616. The largest absolute Gasteiger partial charge is 0.489 e. The maximum atomic E-state index is 13.5. The number of guanidine groups is 1. The average Bonchev–Trinajstić information content (AvgIpc) is 3.06. The molecule has 1 heterocycles. The number of hydrogen-bond acceptors (Lipinski definition) is 4. The van der Waals surface area contributed by atoms with E-state index in [9.17, 15) is 4.39 Å². The summed E-state index contributed by atoms with van der Waals surface area (Å²) in [5, 5.41) is 7.02. The van der Waals surface area contributed by atoms with Crippen molar-refractivity contribution in [3.63, 3.8) is 0 Å². The highest BCUT2D eigenvalue weighted by molar-refractivity contribution is 5.79. The van der Waals surface area contributed by atoms with E-state index in [4.69, 9.17) is 9.26 Å². The number of likely N-dealkylation sites (N-methyl/N-ethyl adjacent to an activating group) is 1. The molecule has 0 unspecified atom stereocenters. The Morgan fingerprint density at radius 2 is 2.22 bits per heavy atom. The van der Waals surface area contributed by atoms with Gasteiger partial charge in [0.25, 0.3) is 0 Å². The molecule has 0 fully saturated rings. The van der Waals surface area contributed by atoms with Gasteiger partial charge in [0.15, 0.2) is 17.5 Å². The summed E-state index contributed by atoms with van der Waals surface area (Å²) < 4.78 is 23.7. The highest BCUT2D eigenvalue weighted by Crippen LogP contribution is 2.14. The molecule has 0 aliphatic heterocycles. The molecule has 1 aromatic carbocycles. The summed E-state index contributed by atoms with van der Waals surface area (Å²) in [6, 6.07) is 8.13. The van der Waals surface area contributed by atoms with Gasteiger partial charge in [-0.3, -0.25) is 0 Å². The lowest BCUT2D eigenvalue weighted by Gasteiger charge is -2.22. The standard InChI is InChI=1S/C16H21FN4O2/c1-3-18-16(19-12-13-8-10-23-20-13)21(2)9-11-22-15-7-5-4-6-14(15)17/h4-8,10H,3,9,11-12H2,1-2H3,(H,18,19). The molecule has 6 nitrogen and oxygen atoms in total. The lowest BCUT2D eigenvalue weighted by Crippen LogP contribution is -2.40. The van der Waals surface area contributed by atoms with Crippen LogP contribution >= 0.6 is 0 Å². The third-order valence-corrected chi connectivity index (χ3v) is 3.10. The Hall–Kier alpha value is -2.57. The van der Waals surface area contributed by atoms with Crippen LogP contribution in [-0.4, -0.2) is 42.8 Å². The number of hydrogen-bond donors (Lipinski definition) is 1. The molecular weight excluding hydrogens is 299 g/mol. The molecule has 0 aliphatic carbocycles.